The monoisotopic (exact) mass is 801 g/mol. The maximum Gasteiger partial charge on any atom is 0.282 e. The summed E-state index contributed by atoms with van der Waals surface area (Å²) in [5.41, 5.74) is 2.28. The standard InChI is InChI=1S/C26H20Br5N3O2/c1-3-14(2)25-33-23-7-6-17(27)10-19(23)26(35)34(25)32-12-15-8-21(30)24(22(31)9-15)36-13-16-4-5-18(28)11-20(16)29/h4-12,14H,3,13H2,1-2H3/t14-/m0/s1. The Morgan fingerprint density at radius 3 is 2.31 bits per heavy atom. The van der Waals surface area contributed by atoms with Gasteiger partial charge < -0.3 is 4.74 Å². The Balaban J connectivity index is 1.66. The molecule has 1 aromatic heterocycles. The predicted octanol–water partition coefficient (Wildman–Crippen LogP) is 9.18. The van der Waals surface area contributed by atoms with E-state index >= 15 is 0 Å². The van der Waals surface area contributed by atoms with Crippen LogP contribution in [0.5, 0.6) is 5.75 Å². The Morgan fingerprint density at radius 2 is 1.64 bits per heavy atom. The molecule has 3 aromatic carbocycles. The van der Waals surface area contributed by atoms with Crippen molar-refractivity contribution in [2.75, 3.05) is 0 Å². The molecule has 4 aromatic rings. The molecule has 0 radical (unpaired) electrons. The molecule has 36 heavy (non-hydrogen) atoms. The van der Waals surface area contributed by atoms with Gasteiger partial charge in [0.1, 0.15) is 18.2 Å². The molecule has 0 aliphatic carbocycles. The van der Waals surface area contributed by atoms with Crippen molar-refractivity contribution < 1.29 is 4.74 Å². The Hall–Kier alpha value is -1.33. The highest BCUT2D eigenvalue weighted by molar-refractivity contribution is 9.11. The Bertz CT molecular complexity index is 1510. The Morgan fingerprint density at radius 1 is 0.972 bits per heavy atom. The van der Waals surface area contributed by atoms with Crippen LogP contribution in [0.25, 0.3) is 10.9 Å². The van der Waals surface area contributed by atoms with Crippen molar-refractivity contribution in [2.45, 2.75) is 32.8 Å². The lowest BCUT2D eigenvalue weighted by molar-refractivity contribution is 0.301. The number of hydrogen-bond acceptors (Lipinski definition) is 4. The van der Waals surface area contributed by atoms with Crippen molar-refractivity contribution in [1.82, 2.24) is 9.66 Å². The lowest BCUT2D eigenvalue weighted by Gasteiger charge is -2.14. The molecular weight excluding hydrogens is 786 g/mol. The van der Waals surface area contributed by atoms with Gasteiger partial charge in [-0.25, -0.2) is 4.98 Å². The fraction of sp³-hybridized carbons (Fsp3) is 0.192. The molecule has 0 aliphatic heterocycles. The summed E-state index contributed by atoms with van der Waals surface area (Å²) in [7, 11) is 0. The van der Waals surface area contributed by atoms with Gasteiger partial charge in [-0.1, -0.05) is 67.7 Å². The predicted molar refractivity (Wildman–Crippen MR) is 163 cm³/mol. The average Bonchev–Trinajstić information content (AvgIpc) is 2.83. The zero-order chi connectivity index (χ0) is 26.0. The molecule has 4 rings (SSSR count). The van der Waals surface area contributed by atoms with Crippen molar-refractivity contribution in [2.24, 2.45) is 5.10 Å². The molecule has 0 bridgehead atoms. The minimum atomic E-state index is -0.203. The summed E-state index contributed by atoms with van der Waals surface area (Å²) in [6.07, 6.45) is 2.49. The van der Waals surface area contributed by atoms with Gasteiger partial charge in [-0.2, -0.15) is 9.78 Å². The molecule has 0 N–H and O–H groups in total. The maximum atomic E-state index is 13.3. The third kappa shape index (κ3) is 6.20. The second-order valence-electron chi connectivity index (χ2n) is 8.14. The highest BCUT2D eigenvalue weighted by Gasteiger charge is 2.16. The Kier molecular flexibility index (Phi) is 9.25. The molecule has 0 saturated heterocycles. The van der Waals surface area contributed by atoms with Crippen molar-refractivity contribution in [3.63, 3.8) is 0 Å². The first-order valence-electron chi connectivity index (χ1n) is 11.0. The van der Waals surface area contributed by atoms with Crippen molar-refractivity contribution in [1.29, 1.82) is 0 Å². The van der Waals surface area contributed by atoms with E-state index in [0.717, 1.165) is 39.9 Å². The molecule has 1 atom stereocenters. The highest BCUT2D eigenvalue weighted by Crippen LogP contribution is 2.35. The molecule has 0 spiro atoms. The van der Waals surface area contributed by atoms with Gasteiger partial charge in [0.15, 0.2) is 0 Å². The topological polar surface area (TPSA) is 56.5 Å². The van der Waals surface area contributed by atoms with Crippen LogP contribution >= 0.6 is 79.6 Å². The lowest BCUT2D eigenvalue weighted by Crippen LogP contribution is -2.23. The van der Waals surface area contributed by atoms with Gasteiger partial charge in [-0.05, 0) is 86.3 Å². The third-order valence-electron chi connectivity index (χ3n) is 5.62. The number of ether oxygens (including phenoxy) is 1. The van der Waals surface area contributed by atoms with E-state index in [0.29, 0.717) is 29.1 Å². The van der Waals surface area contributed by atoms with Crippen LogP contribution in [0.4, 0.5) is 0 Å². The van der Waals surface area contributed by atoms with Crippen LogP contribution in [-0.2, 0) is 6.61 Å². The molecule has 0 amide bonds. The second-order valence-corrected chi connectivity index (χ2v) is 12.5. The molecule has 0 fully saturated rings. The molecule has 0 saturated carbocycles. The fourth-order valence-electron chi connectivity index (χ4n) is 3.48. The molecule has 0 aliphatic rings. The van der Waals surface area contributed by atoms with Crippen molar-refractivity contribution >= 4 is 96.8 Å². The first-order chi connectivity index (χ1) is 17.2. The van der Waals surface area contributed by atoms with Gasteiger partial charge in [-0.3, -0.25) is 4.79 Å². The summed E-state index contributed by atoms with van der Waals surface area (Å²) < 4.78 is 11.8. The summed E-state index contributed by atoms with van der Waals surface area (Å²) in [6.45, 7) is 4.50. The van der Waals surface area contributed by atoms with E-state index in [-0.39, 0.29) is 11.5 Å². The molecule has 0 unspecified atom stereocenters. The van der Waals surface area contributed by atoms with E-state index in [1.807, 2.05) is 49.4 Å². The van der Waals surface area contributed by atoms with Gasteiger partial charge in [0.25, 0.3) is 5.56 Å². The van der Waals surface area contributed by atoms with Crippen LogP contribution in [0, 0.1) is 0 Å². The van der Waals surface area contributed by atoms with Crippen molar-refractivity contribution in [3.05, 3.63) is 98.2 Å². The number of hydrogen-bond donors (Lipinski definition) is 0. The number of aromatic nitrogens is 2. The van der Waals surface area contributed by atoms with Crippen LogP contribution in [0.1, 0.15) is 43.1 Å². The highest BCUT2D eigenvalue weighted by atomic mass is 79.9. The first-order valence-corrected chi connectivity index (χ1v) is 15.0. The van der Waals surface area contributed by atoms with E-state index < -0.39 is 0 Å². The molecule has 1 heterocycles. The molecule has 10 heteroatoms. The van der Waals surface area contributed by atoms with Crippen LogP contribution in [0.2, 0.25) is 0 Å². The summed E-state index contributed by atoms with van der Waals surface area (Å²) in [5.74, 6) is 1.37. The van der Waals surface area contributed by atoms with E-state index in [1.54, 1.807) is 12.3 Å². The van der Waals surface area contributed by atoms with Crippen LogP contribution in [-0.4, -0.2) is 15.9 Å². The van der Waals surface area contributed by atoms with Crippen LogP contribution < -0.4 is 10.3 Å². The quantitative estimate of drug-likeness (QED) is 0.175. The number of benzene rings is 3. The molecular formula is C26H20Br5N3O2. The summed E-state index contributed by atoms with van der Waals surface area (Å²) >= 11 is 17.7. The van der Waals surface area contributed by atoms with Crippen LogP contribution in [0.15, 0.2) is 80.8 Å². The first kappa shape index (κ1) is 27.7. The zero-order valence-electron chi connectivity index (χ0n) is 19.2. The van der Waals surface area contributed by atoms with Gasteiger partial charge in [0, 0.05) is 24.9 Å². The normalized spacial score (nSPS) is 12.4. The maximum absolute atomic E-state index is 13.3. The van der Waals surface area contributed by atoms with Crippen LogP contribution in [0.3, 0.4) is 0 Å². The summed E-state index contributed by atoms with van der Waals surface area (Å²) in [6, 6.07) is 15.3. The van der Waals surface area contributed by atoms with E-state index in [1.165, 1.54) is 4.68 Å². The summed E-state index contributed by atoms with van der Waals surface area (Å²) in [5, 5.41) is 5.07. The van der Waals surface area contributed by atoms with E-state index in [4.69, 9.17) is 9.72 Å². The lowest BCUT2D eigenvalue weighted by atomic mass is 10.1. The number of fused-ring (bicyclic) bond motifs is 1. The number of nitrogens with zero attached hydrogens (tertiary/aromatic N) is 3. The zero-order valence-corrected chi connectivity index (χ0v) is 27.2. The molecule has 5 nitrogen and oxygen atoms in total. The number of halogens is 5. The van der Waals surface area contributed by atoms with E-state index in [9.17, 15) is 4.79 Å². The number of rotatable bonds is 7. The minimum absolute atomic E-state index is 0.0649. The second kappa shape index (κ2) is 12.0. The largest absolute Gasteiger partial charge is 0.486 e. The smallest absolute Gasteiger partial charge is 0.282 e. The SMILES string of the molecule is CC[C@H](C)c1nc2ccc(Br)cc2c(=O)n1N=Cc1cc(Br)c(OCc2ccc(Br)cc2Br)c(Br)c1. The minimum Gasteiger partial charge on any atom is -0.486 e. The average molecular weight is 806 g/mol. The van der Waals surface area contributed by atoms with Gasteiger partial charge >= 0.3 is 0 Å². The Labute approximate surface area is 251 Å². The molecule has 186 valence electrons. The third-order valence-corrected chi connectivity index (χ3v) is 8.52. The van der Waals surface area contributed by atoms with Crippen molar-refractivity contribution in [3.8, 4) is 5.75 Å². The van der Waals surface area contributed by atoms with Gasteiger partial charge in [0.05, 0.1) is 26.1 Å². The van der Waals surface area contributed by atoms with E-state index in [2.05, 4.69) is 91.7 Å². The fourth-order valence-corrected chi connectivity index (χ4v) is 6.46. The van der Waals surface area contributed by atoms with Gasteiger partial charge in [-0.15, -0.1) is 0 Å². The van der Waals surface area contributed by atoms with Gasteiger partial charge in [0.2, 0.25) is 0 Å². The summed E-state index contributed by atoms with van der Waals surface area (Å²) in [4.78, 5) is 18.1.